The lowest BCUT2D eigenvalue weighted by Gasteiger charge is -2.21. The Morgan fingerprint density at radius 3 is 2.53 bits per heavy atom. The minimum Gasteiger partial charge on any atom is -0.396 e. The van der Waals surface area contributed by atoms with Crippen LogP contribution < -0.4 is 5.32 Å². The Morgan fingerprint density at radius 2 is 2.07 bits per heavy atom. The van der Waals surface area contributed by atoms with Crippen molar-refractivity contribution >= 4 is 11.3 Å². The van der Waals surface area contributed by atoms with Gasteiger partial charge in [-0.25, -0.2) is 0 Å². The molecule has 3 heteroatoms. The number of hydrogen-bond donors (Lipinski definition) is 2. The summed E-state index contributed by atoms with van der Waals surface area (Å²) in [5.74, 6) is 0. The molecule has 0 spiro atoms. The smallest absolute Gasteiger partial charge is 0.0494 e. The van der Waals surface area contributed by atoms with Crippen LogP contribution in [-0.4, -0.2) is 18.3 Å². The quantitative estimate of drug-likeness (QED) is 0.810. The van der Waals surface area contributed by atoms with Crippen LogP contribution >= 0.6 is 11.3 Å². The predicted molar refractivity (Wildman–Crippen MR) is 66.4 cm³/mol. The van der Waals surface area contributed by atoms with Crippen LogP contribution in [0.15, 0.2) is 6.07 Å². The fourth-order valence-corrected chi connectivity index (χ4v) is 2.34. The van der Waals surface area contributed by atoms with Gasteiger partial charge in [-0.1, -0.05) is 13.8 Å². The molecule has 0 aliphatic heterocycles. The average molecular weight is 227 g/mol. The van der Waals surface area contributed by atoms with Gasteiger partial charge in [0.05, 0.1) is 0 Å². The van der Waals surface area contributed by atoms with Crippen molar-refractivity contribution in [3.05, 3.63) is 21.4 Å². The second kappa shape index (κ2) is 5.10. The average Bonchev–Trinajstić information content (AvgIpc) is 2.46. The normalized spacial score (nSPS) is 12.1. The van der Waals surface area contributed by atoms with Gasteiger partial charge in [-0.2, -0.15) is 0 Å². The molecule has 0 saturated carbocycles. The molecule has 86 valence electrons. The van der Waals surface area contributed by atoms with Gasteiger partial charge < -0.3 is 10.4 Å². The van der Waals surface area contributed by atoms with Gasteiger partial charge in [0.25, 0.3) is 0 Å². The van der Waals surface area contributed by atoms with Gasteiger partial charge in [-0.05, 0) is 25.5 Å². The van der Waals surface area contributed by atoms with Gasteiger partial charge in [-0.3, -0.25) is 0 Å². The van der Waals surface area contributed by atoms with Crippen molar-refractivity contribution in [3.63, 3.8) is 0 Å². The molecule has 2 nitrogen and oxygen atoms in total. The molecule has 1 heterocycles. The molecule has 15 heavy (non-hydrogen) atoms. The molecule has 0 fully saturated rings. The number of nitrogens with one attached hydrogen (secondary N) is 1. The van der Waals surface area contributed by atoms with Crippen molar-refractivity contribution in [1.82, 2.24) is 5.32 Å². The van der Waals surface area contributed by atoms with E-state index in [0.29, 0.717) is 0 Å². The van der Waals surface area contributed by atoms with Crippen molar-refractivity contribution in [2.24, 2.45) is 5.41 Å². The summed E-state index contributed by atoms with van der Waals surface area (Å²) in [6.07, 6.45) is 0. The predicted octanol–water partition coefficient (Wildman–Crippen LogP) is 2.47. The molecule has 0 aliphatic carbocycles. The highest BCUT2D eigenvalue weighted by Gasteiger charge is 2.15. The maximum Gasteiger partial charge on any atom is 0.0494 e. The highest BCUT2D eigenvalue weighted by molar-refractivity contribution is 7.12. The second-order valence-electron chi connectivity index (χ2n) is 4.88. The van der Waals surface area contributed by atoms with Crippen LogP contribution in [0.2, 0.25) is 0 Å². The van der Waals surface area contributed by atoms with E-state index in [2.05, 4.69) is 39.1 Å². The standard InChI is InChI=1S/C12H21NOS/c1-9-5-11(15-10(9)2)6-13-7-12(3,4)8-14/h5,13-14H,6-8H2,1-4H3. The summed E-state index contributed by atoms with van der Waals surface area (Å²) in [6, 6.07) is 2.24. The molecule has 0 saturated heterocycles. The van der Waals surface area contributed by atoms with E-state index < -0.39 is 0 Å². The Bertz CT molecular complexity index is 298. The van der Waals surface area contributed by atoms with E-state index in [1.54, 1.807) is 0 Å². The van der Waals surface area contributed by atoms with Crippen LogP contribution in [0, 0.1) is 19.3 Å². The van der Waals surface area contributed by atoms with E-state index >= 15 is 0 Å². The van der Waals surface area contributed by atoms with Gasteiger partial charge in [0.15, 0.2) is 0 Å². The van der Waals surface area contributed by atoms with Crippen molar-refractivity contribution in [2.75, 3.05) is 13.2 Å². The Labute approximate surface area is 96.3 Å². The van der Waals surface area contributed by atoms with Crippen molar-refractivity contribution in [2.45, 2.75) is 34.2 Å². The lowest BCUT2D eigenvalue weighted by molar-refractivity contribution is 0.157. The minimum absolute atomic E-state index is 0.0264. The van der Waals surface area contributed by atoms with E-state index in [1.807, 2.05) is 11.3 Å². The fraction of sp³-hybridized carbons (Fsp3) is 0.667. The van der Waals surface area contributed by atoms with Gasteiger partial charge in [0.1, 0.15) is 0 Å². The molecule has 0 radical (unpaired) electrons. The minimum atomic E-state index is -0.0264. The van der Waals surface area contributed by atoms with Crippen LogP contribution in [0.25, 0.3) is 0 Å². The lowest BCUT2D eigenvalue weighted by Crippen LogP contribution is -2.31. The molecule has 1 aromatic heterocycles. The molecule has 0 unspecified atom stereocenters. The Kier molecular flexibility index (Phi) is 4.32. The summed E-state index contributed by atoms with van der Waals surface area (Å²) >= 11 is 1.85. The first-order valence-electron chi connectivity index (χ1n) is 5.32. The summed E-state index contributed by atoms with van der Waals surface area (Å²) < 4.78 is 0. The third-order valence-corrected chi connectivity index (χ3v) is 3.70. The van der Waals surface area contributed by atoms with E-state index in [-0.39, 0.29) is 12.0 Å². The highest BCUT2D eigenvalue weighted by Crippen LogP contribution is 2.20. The first-order valence-corrected chi connectivity index (χ1v) is 6.14. The van der Waals surface area contributed by atoms with E-state index in [4.69, 9.17) is 5.11 Å². The van der Waals surface area contributed by atoms with Crippen molar-refractivity contribution in [1.29, 1.82) is 0 Å². The van der Waals surface area contributed by atoms with Crippen LogP contribution in [0.5, 0.6) is 0 Å². The highest BCUT2D eigenvalue weighted by atomic mass is 32.1. The molecule has 0 aliphatic rings. The Hall–Kier alpha value is -0.380. The molecule has 0 bridgehead atoms. The lowest BCUT2D eigenvalue weighted by atomic mass is 9.95. The zero-order valence-corrected chi connectivity index (χ0v) is 10.9. The fourth-order valence-electron chi connectivity index (χ4n) is 1.32. The third kappa shape index (κ3) is 3.93. The molecule has 0 amide bonds. The maximum absolute atomic E-state index is 9.10. The Morgan fingerprint density at radius 1 is 1.40 bits per heavy atom. The molecular formula is C12H21NOS. The van der Waals surface area contributed by atoms with E-state index in [1.165, 1.54) is 15.3 Å². The van der Waals surface area contributed by atoms with Gasteiger partial charge in [0, 0.05) is 34.9 Å². The first-order chi connectivity index (χ1) is 6.94. The molecule has 2 N–H and O–H groups in total. The summed E-state index contributed by atoms with van der Waals surface area (Å²) in [7, 11) is 0. The summed E-state index contributed by atoms with van der Waals surface area (Å²) in [5, 5.41) is 12.5. The van der Waals surface area contributed by atoms with Crippen LogP contribution in [0.4, 0.5) is 0 Å². The van der Waals surface area contributed by atoms with Crippen molar-refractivity contribution in [3.8, 4) is 0 Å². The molecule has 1 rings (SSSR count). The van der Waals surface area contributed by atoms with E-state index in [9.17, 15) is 0 Å². The number of hydrogen-bond acceptors (Lipinski definition) is 3. The molecular weight excluding hydrogens is 206 g/mol. The van der Waals surface area contributed by atoms with Crippen LogP contribution in [0.3, 0.4) is 0 Å². The van der Waals surface area contributed by atoms with Crippen molar-refractivity contribution < 1.29 is 5.11 Å². The number of aryl methyl sites for hydroxylation is 2. The summed E-state index contributed by atoms with van der Waals surface area (Å²) in [6.45, 7) is 10.4. The van der Waals surface area contributed by atoms with Gasteiger partial charge >= 0.3 is 0 Å². The van der Waals surface area contributed by atoms with E-state index in [0.717, 1.165) is 13.1 Å². The number of rotatable bonds is 5. The summed E-state index contributed by atoms with van der Waals surface area (Å²) in [4.78, 5) is 2.77. The zero-order chi connectivity index (χ0) is 11.5. The number of aliphatic hydroxyl groups is 1. The molecule has 0 atom stereocenters. The third-order valence-electron chi connectivity index (χ3n) is 2.55. The molecule has 1 aromatic rings. The first kappa shape index (κ1) is 12.7. The number of aliphatic hydroxyl groups excluding tert-OH is 1. The SMILES string of the molecule is Cc1cc(CNCC(C)(C)CO)sc1C. The van der Waals surface area contributed by atoms with Crippen LogP contribution in [0.1, 0.15) is 29.2 Å². The maximum atomic E-state index is 9.10. The van der Waals surface area contributed by atoms with Gasteiger partial charge in [0.2, 0.25) is 0 Å². The molecule has 0 aromatic carbocycles. The van der Waals surface area contributed by atoms with Crippen LogP contribution in [-0.2, 0) is 6.54 Å². The number of thiophene rings is 1. The van der Waals surface area contributed by atoms with Gasteiger partial charge in [-0.15, -0.1) is 11.3 Å². The zero-order valence-electron chi connectivity index (χ0n) is 10.1. The summed E-state index contributed by atoms with van der Waals surface area (Å²) in [5.41, 5.74) is 1.35. The Balaban J connectivity index is 2.38. The largest absolute Gasteiger partial charge is 0.396 e. The monoisotopic (exact) mass is 227 g/mol. The second-order valence-corrected chi connectivity index (χ2v) is 6.22. The topological polar surface area (TPSA) is 32.3 Å².